The van der Waals surface area contributed by atoms with E-state index in [0.29, 0.717) is 12.5 Å². The third kappa shape index (κ3) is 0.983. The number of likely N-dealkylation sites (N-methyl/N-ethyl adjacent to an activating group) is 1. The van der Waals surface area contributed by atoms with Gasteiger partial charge in [0.2, 0.25) is 0 Å². The predicted molar refractivity (Wildman–Crippen MR) is 44.2 cm³/mol. The topological polar surface area (TPSA) is 52.9 Å². The van der Waals surface area contributed by atoms with E-state index >= 15 is 0 Å². The fourth-order valence-corrected chi connectivity index (χ4v) is 2.07. The molecule has 2 aliphatic rings. The van der Waals surface area contributed by atoms with Gasteiger partial charge in [-0.25, -0.2) is 0 Å². The van der Waals surface area contributed by atoms with Crippen molar-refractivity contribution in [2.75, 3.05) is 7.05 Å². The van der Waals surface area contributed by atoms with Gasteiger partial charge in [-0.2, -0.15) is 0 Å². The van der Waals surface area contributed by atoms with Gasteiger partial charge in [0.1, 0.15) is 0 Å². The van der Waals surface area contributed by atoms with Crippen LogP contribution in [0.25, 0.3) is 0 Å². The lowest BCUT2D eigenvalue weighted by Gasteiger charge is -2.17. The summed E-state index contributed by atoms with van der Waals surface area (Å²) in [4.78, 5) is 16.9. The van der Waals surface area contributed by atoms with Gasteiger partial charge in [-0.3, -0.25) is 9.79 Å². The van der Waals surface area contributed by atoms with Crippen molar-refractivity contribution < 1.29 is 9.90 Å². The average Bonchev–Trinajstić information content (AvgIpc) is 2.53. The van der Waals surface area contributed by atoms with Crippen LogP contribution in [0.1, 0.15) is 12.8 Å². The Morgan fingerprint density at radius 2 is 2.42 bits per heavy atom. The van der Waals surface area contributed by atoms with Crippen LogP contribution in [-0.4, -0.2) is 41.4 Å². The van der Waals surface area contributed by atoms with Gasteiger partial charge in [0, 0.05) is 7.05 Å². The molecule has 0 aromatic heterocycles. The molecule has 1 saturated carbocycles. The summed E-state index contributed by atoms with van der Waals surface area (Å²) in [7, 11) is 1.96. The molecule has 4 nitrogen and oxygen atoms in total. The number of carboxylic acid groups (broad SMARTS) is 1. The van der Waals surface area contributed by atoms with Crippen LogP contribution >= 0.6 is 0 Å². The Kier molecular flexibility index (Phi) is 1.56. The smallest absolute Gasteiger partial charge is 0.306 e. The average molecular weight is 168 g/mol. The Balaban J connectivity index is 2.07. The van der Waals surface area contributed by atoms with E-state index in [1.165, 1.54) is 0 Å². The van der Waals surface area contributed by atoms with Crippen molar-refractivity contribution in [2.45, 2.75) is 24.9 Å². The van der Waals surface area contributed by atoms with Crippen LogP contribution in [0, 0.1) is 5.92 Å². The van der Waals surface area contributed by atoms with Gasteiger partial charge < -0.3 is 10.0 Å². The third-order valence-corrected chi connectivity index (χ3v) is 2.81. The van der Waals surface area contributed by atoms with E-state index in [4.69, 9.17) is 5.11 Å². The third-order valence-electron chi connectivity index (χ3n) is 2.81. The quantitative estimate of drug-likeness (QED) is 0.608. The number of fused-ring (bicyclic) bond motifs is 1. The molecule has 4 heteroatoms. The number of carboxylic acids is 1. The number of hydrogen-bond acceptors (Lipinski definition) is 3. The van der Waals surface area contributed by atoms with E-state index in [1.807, 2.05) is 18.3 Å². The summed E-state index contributed by atoms with van der Waals surface area (Å²) in [6.45, 7) is 0. The number of aliphatic imine (C=N–C) groups is 1. The van der Waals surface area contributed by atoms with Crippen LogP contribution in [0.4, 0.5) is 0 Å². The van der Waals surface area contributed by atoms with E-state index in [0.717, 1.165) is 6.42 Å². The zero-order valence-corrected chi connectivity index (χ0v) is 6.97. The lowest BCUT2D eigenvalue weighted by Crippen LogP contribution is -2.29. The molecule has 0 spiro atoms. The Morgan fingerprint density at radius 3 is 3.00 bits per heavy atom. The SMILES string of the molecule is CN1C=NC2CC(C(=O)O)CC21. The fraction of sp³-hybridized carbons (Fsp3) is 0.750. The van der Waals surface area contributed by atoms with Gasteiger partial charge >= 0.3 is 5.97 Å². The van der Waals surface area contributed by atoms with Crippen LogP contribution < -0.4 is 0 Å². The monoisotopic (exact) mass is 168 g/mol. The van der Waals surface area contributed by atoms with Gasteiger partial charge in [0.25, 0.3) is 0 Å². The molecule has 1 fully saturated rings. The molecular weight excluding hydrogens is 156 g/mol. The zero-order valence-electron chi connectivity index (χ0n) is 6.97. The molecular formula is C8H12N2O2. The maximum atomic E-state index is 10.7. The number of hydrogen-bond donors (Lipinski definition) is 1. The van der Waals surface area contributed by atoms with Crippen molar-refractivity contribution in [3.05, 3.63) is 0 Å². The van der Waals surface area contributed by atoms with E-state index in [1.54, 1.807) is 0 Å². The molecule has 1 aliphatic carbocycles. The molecule has 2 rings (SSSR count). The number of rotatable bonds is 1. The summed E-state index contributed by atoms with van der Waals surface area (Å²) < 4.78 is 0. The van der Waals surface area contributed by atoms with Crippen LogP contribution in [0.15, 0.2) is 4.99 Å². The van der Waals surface area contributed by atoms with Crippen LogP contribution in [-0.2, 0) is 4.79 Å². The van der Waals surface area contributed by atoms with Gasteiger partial charge in [0.05, 0.1) is 24.3 Å². The zero-order chi connectivity index (χ0) is 8.72. The standard InChI is InChI=1S/C8H12N2O2/c1-10-4-9-6-2-5(8(11)12)3-7(6)10/h4-7H,2-3H2,1H3,(H,11,12). The Morgan fingerprint density at radius 1 is 1.67 bits per heavy atom. The van der Waals surface area contributed by atoms with Crippen molar-refractivity contribution in [2.24, 2.45) is 10.9 Å². The molecule has 3 unspecified atom stereocenters. The first-order chi connectivity index (χ1) is 5.68. The highest BCUT2D eigenvalue weighted by molar-refractivity contribution is 5.71. The first-order valence-electron chi connectivity index (χ1n) is 4.16. The minimum absolute atomic E-state index is 0.181. The largest absolute Gasteiger partial charge is 0.481 e. The second-order valence-electron chi connectivity index (χ2n) is 3.57. The molecule has 12 heavy (non-hydrogen) atoms. The molecule has 1 heterocycles. The number of carbonyl (C=O) groups is 1. The van der Waals surface area contributed by atoms with Crippen molar-refractivity contribution in [3.8, 4) is 0 Å². The van der Waals surface area contributed by atoms with Crippen LogP contribution in [0.5, 0.6) is 0 Å². The lowest BCUT2D eigenvalue weighted by molar-refractivity contribution is -0.141. The van der Waals surface area contributed by atoms with E-state index in [9.17, 15) is 4.79 Å². The molecule has 0 aromatic rings. The predicted octanol–water partition coefficient (Wildman–Crippen LogP) is 0.192. The van der Waals surface area contributed by atoms with Crippen molar-refractivity contribution >= 4 is 12.3 Å². The molecule has 0 aromatic carbocycles. The summed E-state index contributed by atoms with van der Waals surface area (Å²) in [6, 6.07) is 0.571. The van der Waals surface area contributed by atoms with Gasteiger partial charge in [0.15, 0.2) is 0 Å². The molecule has 66 valence electrons. The summed E-state index contributed by atoms with van der Waals surface area (Å²) in [6.07, 6.45) is 3.27. The second-order valence-corrected chi connectivity index (χ2v) is 3.57. The highest BCUT2D eigenvalue weighted by Crippen LogP contribution is 2.33. The van der Waals surface area contributed by atoms with Crippen molar-refractivity contribution in [1.29, 1.82) is 0 Å². The van der Waals surface area contributed by atoms with Crippen LogP contribution in [0.3, 0.4) is 0 Å². The van der Waals surface area contributed by atoms with Gasteiger partial charge in [-0.05, 0) is 12.8 Å². The Bertz CT molecular complexity index is 239. The summed E-state index contributed by atoms with van der Waals surface area (Å²) >= 11 is 0. The first kappa shape index (κ1) is 7.58. The number of nitrogens with zero attached hydrogens (tertiary/aromatic N) is 2. The minimum Gasteiger partial charge on any atom is -0.481 e. The summed E-state index contributed by atoms with van der Waals surface area (Å²) in [5, 5.41) is 8.78. The Hall–Kier alpha value is -1.06. The highest BCUT2D eigenvalue weighted by Gasteiger charge is 2.41. The first-order valence-corrected chi connectivity index (χ1v) is 4.16. The van der Waals surface area contributed by atoms with Gasteiger partial charge in [-0.1, -0.05) is 0 Å². The van der Waals surface area contributed by atoms with E-state index in [2.05, 4.69) is 4.99 Å². The van der Waals surface area contributed by atoms with E-state index < -0.39 is 5.97 Å². The molecule has 3 atom stereocenters. The highest BCUT2D eigenvalue weighted by atomic mass is 16.4. The number of aliphatic carboxylic acids is 1. The van der Waals surface area contributed by atoms with Crippen LogP contribution in [0.2, 0.25) is 0 Å². The lowest BCUT2D eigenvalue weighted by atomic mass is 10.1. The molecule has 1 N–H and O–H groups in total. The van der Waals surface area contributed by atoms with Gasteiger partial charge in [-0.15, -0.1) is 0 Å². The molecule has 0 bridgehead atoms. The maximum Gasteiger partial charge on any atom is 0.306 e. The maximum absolute atomic E-state index is 10.7. The minimum atomic E-state index is -0.673. The molecule has 1 aliphatic heterocycles. The van der Waals surface area contributed by atoms with Crippen molar-refractivity contribution in [1.82, 2.24) is 4.90 Å². The summed E-state index contributed by atoms with van der Waals surface area (Å²) in [5.74, 6) is -0.854. The van der Waals surface area contributed by atoms with Crippen molar-refractivity contribution in [3.63, 3.8) is 0 Å². The molecule has 0 saturated heterocycles. The molecule has 0 amide bonds. The normalized spacial score (nSPS) is 38.8. The fourth-order valence-electron chi connectivity index (χ4n) is 2.07. The molecule has 0 radical (unpaired) electrons. The summed E-state index contributed by atoms with van der Waals surface area (Å²) in [5.41, 5.74) is 0. The Labute approximate surface area is 70.9 Å². The van der Waals surface area contributed by atoms with E-state index in [-0.39, 0.29) is 12.0 Å². The second kappa shape index (κ2) is 2.47.